The van der Waals surface area contributed by atoms with Crippen LogP contribution in [0.15, 0.2) is 30.6 Å². The van der Waals surface area contributed by atoms with Crippen molar-refractivity contribution in [2.24, 2.45) is 0 Å². The van der Waals surface area contributed by atoms with Crippen molar-refractivity contribution >= 4 is 17.3 Å². The van der Waals surface area contributed by atoms with Gasteiger partial charge in [-0.25, -0.2) is 0 Å². The van der Waals surface area contributed by atoms with Gasteiger partial charge in [0.15, 0.2) is 0 Å². The zero-order valence-corrected chi connectivity index (χ0v) is 10.5. The van der Waals surface area contributed by atoms with E-state index in [1.54, 1.807) is 24.5 Å². The van der Waals surface area contributed by atoms with Gasteiger partial charge in [0.2, 0.25) is 0 Å². The first-order chi connectivity index (χ1) is 8.61. The van der Waals surface area contributed by atoms with Gasteiger partial charge < -0.3 is 15.6 Å². The summed E-state index contributed by atoms with van der Waals surface area (Å²) in [4.78, 5) is 16.3. The van der Waals surface area contributed by atoms with E-state index in [0.29, 0.717) is 23.6 Å². The van der Waals surface area contributed by atoms with Crippen molar-refractivity contribution in [3.63, 3.8) is 0 Å². The number of anilines is 2. The van der Waals surface area contributed by atoms with Gasteiger partial charge in [0.25, 0.3) is 5.91 Å². The normalized spacial score (nSPS) is 10.3. The van der Waals surface area contributed by atoms with Crippen molar-refractivity contribution in [1.82, 2.24) is 9.55 Å². The second-order valence-corrected chi connectivity index (χ2v) is 4.04. The van der Waals surface area contributed by atoms with Gasteiger partial charge in [0.05, 0.1) is 17.1 Å². The minimum absolute atomic E-state index is 0.176. The van der Waals surface area contributed by atoms with Crippen molar-refractivity contribution in [3.05, 3.63) is 42.0 Å². The monoisotopic (exact) mass is 244 g/mol. The minimum Gasteiger partial charge on any atom is -0.397 e. The first-order valence-electron chi connectivity index (χ1n) is 5.80. The Bertz CT molecular complexity index is 574. The summed E-state index contributed by atoms with van der Waals surface area (Å²) in [7, 11) is 0. The molecule has 2 aromatic rings. The lowest BCUT2D eigenvalue weighted by Gasteiger charge is -2.08. The van der Waals surface area contributed by atoms with Gasteiger partial charge in [0.1, 0.15) is 5.69 Å². The smallest absolute Gasteiger partial charge is 0.272 e. The zero-order valence-electron chi connectivity index (χ0n) is 10.5. The third-order valence-electron chi connectivity index (χ3n) is 2.75. The number of aromatic nitrogens is 2. The lowest BCUT2D eigenvalue weighted by molar-refractivity contribution is 0.101. The fourth-order valence-corrected chi connectivity index (χ4v) is 1.79. The van der Waals surface area contributed by atoms with E-state index in [2.05, 4.69) is 10.3 Å². The van der Waals surface area contributed by atoms with Crippen molar-refractivity contribution in [2.45, 2.75) is 20.4 Å². The number of amides is 1. The van der Waals surface area contributed by atoms with Gasteiger partial charge in [-0.1, -0.05) is 0 Å². The maximum Gasteiger partial charge on any atom is 0.272 e. The average Bonchev–Trinajstić information content (AvgIpc) is 2.73. The number of nitrogen functional groups attached to an aromatic ring is 1. The molecule has 0 aliphatic rings. The third-order valence-corrected chi connectivity index (χ3v) is 2.75. The molecule has 0 bridgehead atoms. The van der Waals surface area contributed by atoms with Crippen LogP contribution in [-0.4, -0.2) is 15.5 Å². The highest BCUT2D eigenvalue weighted by Crippen LogP contribution is 2.15. The van der Waals surface area contributed by atoms with E-state index in [1.165, 1.54) is 0 Å². The SMILES string of the molecule is CCn1cc(N)cc1C(=O)Nc1cccnc1C. The number of aryl methyl sites for hydroxylation is 2. The Hall–Kier alpha value is -2.30. The molecule has 3 N–H and O–H groups in total. The number of carbonyl (C=O) groups excluding carboxylic acids is 1. The van der Waals surface area contributed by atoms with Crippen molar-refractivity contribution in [2.75, 3.05) is 11.1 Å². The first kappa shape index (κ1) is 12.2. The van der Waals surface area contributed by atoms with Crippen LogP contribution in [0.25, 0.3) is 0 Å². The molecule has 5 nitrogen and oxygen atoms in total. The van der Waals surface area contributed by atoms with E-state index < -0.39 is 0 Å². The molecule has 0 radical (unpaired) electrons. The van der Waals surface area contributed by atoms with Crippen molar-refractivity contribution < 1.29 is 4.79 Å². The molecule has 0 fully saturated rings. The molecule has 0 saturated heterocycles. The number of nitrogens with two attached hydrogens (primary N) is 1. The molecule has 0 spiro atoms. The van der Waals surface area contributed by atoms with Crippen LogP contribution in [-0.2, 0) is 6.54 Å². The van der Waals surface area contributed by atoms with Gasteiger partial charge in [-0.2, -0.15) is 0 Å². The van der Waals surface area contributed by atoms with Gasteiger partial charge in [0, 0.05) is 18.9 Å². The summed E-state index contributed by atoms with van der Waals surface area (Å²) in [5.74, 6) is -0.176. The lowest BCUT2D eigenvalue weighted by atomic mass is 10.3. The number of hydrogen-bond acceptors (Lipinski definition) is 3. The number of pyridine rings is 1. The van der Waals surface area contributed by atoms with Gasteiger partial charge in [-0.05, 0) is 32.0 Å². The molecule has 2 rings (SSSR count). The molecular formula is C13H16N4O. The molecule has 0 aliphatic carbocycles. The largest absolute Gasteiger partial charge is 0.397 e. The van der Waals surface area contributed by atoms with Crippen LogP contribution in [0.2, 0.25) is 0 Å². The third kappa shape index (κ3) is 2.34. The highest BCUT2D eigenvalue weighted by Gasteiger charge is 2.13. The minimum atomic E-state index is -0.176. The highest BCUT2D eigenvalue weighted by molar-refractivity contribution is 6.04. The summed E-state index contributed by atoms with van der Waals surface area (Å²) in [5.41, 5.74) is 8.34. The van der Waals surface area contributed by atoms with Crippen molar-refractivity contribution in [1.29, 1.82) is 0 Å². The van der Waals surface area contributed by atoms with Gasteiger partial charge in [-0.15, -0.1) is 0 Å². The molecule has 1 amide bonds. The predicted octanol–water partition coefficient (Wildman–Crippen LogP) is 2.05. The molecule has 0 saturated carbocycles. The standard InChI is InChI=1S/C13H16N4O/c1-3-17-8-10(14)7-12(17)13(18)16-11-5-4-6-15-9(11)2/h4-8H,3,14H2,1-2H3,(H,16,18). The molecule has 94 valence electrons. The topological polar surface area (TPSA) is 72.9 Å². The molecule has 0 aliphatic heterocycles. The molecule has 0 aromatic carbocycles. The Balaban J connectivity index is 2.25. The second kappa shape index (κ2) is 4.91. The summed E-state index contributed by atoms with van der Waals surface area (Å²) in [6.45, 7) is 4.51. The number of hydrogen-bond donors (Lipinski definition) is 2. The number of carbonyl (C=O) groups is 1. The molecule has 18 heavy (non-hydrogen) atoms. The average molecular weight is 244 g/mol. The van der Waals surface area contributed by atoms with E-state index in [-0.39, 0.29) is 5.91 Å². The van der Waals surface area contributed by atoms with Crippen LogP contribution in [0.5, 0.6) is 0 Å². The fraction of sp³-hybridized carbons (Fsp3) is 0.231. The Morgan fingerprint density at radius 1 is 1.56 bits per heavy atom. The Morgan fingerprint density at radius 2 is 2.33 bits per heavy atom. The molecule has 2 aromatic heterocycles. The maximum absolute atomic E-state index is 12.1. The Morgan fingerprint density at radius 3 is 3.00 bits per heavy atom. The first-order valence-corrected chi connectivity index (χ1v) is 5.80. The number of nitrogens with one attached hydrogen (secondary N) is 1. The van der Waals surface area contributed by atoms with Crippen LogP contribution >= 0.6 is 0 Å². The van der Waals surface area contributed by atoms with Crippen molar-refractivity contribution in [3.8, 4) is 0 Å². The zero-order chi connectivity index (χ0) is 13.1. The predicted molar refractivity (Wildman–Crippen MR) is 71.4 cm³/mol. The van der Waals surface area contributed by atoms with Crippen LogP contribution in [0.3, 0.4) is 0 Å². The molecule has 0 atom stereocenters. The fourth-order valence-electron chi connectivity index (χ4n) is 1.79. The van der Waals surface area contributed by atoms with Crippen LogP contribution in [0.4, 0.5) is 11.4 Å². The highest BCUT2D eigenvalue weighted by atomic mass is 16.1. The summed E-state index contributed by atoms with van der Waals surface area (Å²) in [6, 6.07) is 5.28. The van der Waals surface area contributed by atoms with Gasteiger partial charge in [-0.3, -0.25) is 9.78 Å². The summed E-state index contributed by atoms with van der Waals surface area (Å²) < 4.78 is 1.82. The summed E-state index contributed by atoms with van der Waals surface area (Å²) >= 11 is 0. The quantitative estimate of drug-likeness (QED) is 0.867. The lowest BCUT2D eigenvalue weighted by Crippen LogP contribution is -2.17. The molecular weight excluding hydrogens is 228 g/mol. The number of nitrogens with zero attached hydrogens (tertiary/aromatic N) is 2. The van der Waals surface area contributed by atoms with E-state index in [0.717, 1.165) is 5.69 Å². The summed E-state index contributed by atoms with van der Waals surface area (Å²) in [5, 5.41) is 2.84. The van der Waals surface area contributed by atoms with E-state index in [4.69, 9.17) is 5.73 Å². The summed E-state index contributed by atoms with van der Waals surface area (Å²) in [6.07, 6.45) is 3.45. The van der Waals surface area contributed by atoms with Gasteiger partial charge >= 0.3 is 0 Å². The van der Waals surface area contributed by atoms with E-state index in [1.807, 2.05) is 24.5 Å². The second-order valence-electron chi connectivity index (χ2n) is 4.04. The van der Waals surface area contributed by atoms with Crippen LogP contribution in [0.1, 0.15) is 23.1 Å². The maximum atomic E-state index is 12.1. The van der Waals surface area contributed by atoms with E-state index >= 15 is 0 Å². The Kier molecular flexibility index (Phi) is 3.32. The molecule has 2 heterocycles. The van der Waals surface area contributed by atoms with Crippen LogP contribution in [0, 0.1) is 6.92 Å². The molecule has 5 heteroatoms. The van der Waals surface area contributed by atoms with E-state index in [9.17, 15) is 4.79 Å². The molecule has 0 unspecified atom stereocenters. The Labute approximate surface area is 106 Å². The number of rotatable bonds is 3. The van der Waals surface area contributed by atoms with Crippen LogP contribution < -0.4 is 11.1 Å².